The van der Waals surface area contributed by atoms with Crippen molar-refractivity contribution in [3.8, 4) is 0 Å². The van der Waals surface area contributed by atoms with Gasteiger partial charge in [-0.05, 0) is 45.7 Å². The van der Waals surface area contributed by atoms with Gasteiger partial charge in [-0.2, -0.15) is 13.2 Å². The molecule has 2 atom stereocenters. The molecule has 2 N–H and O–H groups in total. The van der Waals surface area contributed by atoms with Crippen molar-refractivity contribution in [2.24, 2.45) is 0 Å². The molecule has 26 heavy (non-hydrogen) atoms. The number of hydrogen-bond donors (Lipinski definition) is 2. The van der Waals surface area contributed by atoms with Crippen molar-refractivity contribution in [3.63, 3.8) is 0 Å². The number of likely N-dealkylation sites (tertiary alicyclic amines) is 1. The summed E-state index contributed by atoms with van der Waals surface area (Å²) in [5, 5.41) is 6.27. The summed E-state index contributed by atoms with van der Waals surface area (Å²) in [6.07, 6.45) is -3.69. The lowest BCUT2D eigenvalue weighted by Crippen LogP contribution is -2.47. The molecule has 146 valence electrons. The maximum Gasteiger partial charge on any atom is 0.416 e. The van der Waals surface area contributed by atoms with E-state index in [4.69, 9.17) is 0 Å². The smallest absolute Gasteiger partial charge is 0.353 e. The van der Waals surface area contributed by atoms with Gasteiger partial charge in [0.25, 0.3) is 0 Å². The predicted octanol–water partition coefficient (Wildman–Crippen LogP) is 3.17. The number of alkyl halides is 3. The Morgan fingerprint density at radius 2 is 1.96 bits per heavy atom. The van der Waals surface area contributed by atoms with Crippen LogP contribution in [-0.4, -0.2) is 41.5 Å². The molecule has 1 heterocycles. The van der Waals surface area contributed by atoms with Gasteiger partial charge < -0.3 is 10.6 Å². The Morgan fingerprint density at radius 1 is 1.27 bits per heavy atom. The van der Waals surface area contributed by atoms with Crippen LogP contribution in [0.25, 0.3) is 0 Å². The van der Waals surface area contributed by atoms with Gasteiger partial charge in [0.15, 0.2) is 0 Å². The molecule has 1 aliphatic rings. The highest BCUT2D eigenvalue weighted by atomic mass is 19.4. The summed E-state index contributed by atoms with van der Waals surface area (Å²) in [7, 11) is 0. The molecule has 7 heteroatoms. The van der Waals surface area contributed by atoms with Gasteiger partial charge in [-0.15, -0.1) is 0 Å². The van der Waals surface area contributed by atoms with E-state index in [0.29, 0.717) is 25.1 Å². The first-order chi connectivity index (χ1) is 12.1. The normalized spacial score (nSPS) is 21.6. The molecule has 0 radical (unpaired) electrons. The first-order valence-corrected chi connectivity index (χ1v) is 9.03. The van der Waals surface area contributed by atoms with E-state index in [1.165, 1.54) is 12.1 Å². The molecular weight excluding hydrogens is 343 g/mol. The van der Waals surface area contributed by atoms with Crippen LogP contribution in [-0.2, 0) is 17.5 Å². The molecule has 1 fully saturated rings. The van der Waals surface area contributed by atoms with Crippen LogP contribution >= 0.6 is 0 Å². The van der Waals surface area contributed by atoms with E-state index in [1.807, 2.05) is 27.7 Å². The number of nitrogens with zero attached hydrogens (tertiary/aromatic N) is 1. The highest BCUT2D eigenvalue weighted by Gasteiger charge is 2.38. The van der Waals surface area contributed by atoms with Crippen molar-refractivity contribution in [1.29, 1.82) is 0 Å². The minimum absolute atomic E-state index is 0.0112. The van der Waals surface area contributed by atoms with Crippen LogP contribution < -0.4 is 10.6 Å². The van der Waals surface area contributed by atoms with Crippen LogP contribution in [0.15, 0.2) is 24.3 Å². The fraction of sp³-hybridized carbons (Fsp3) is 0.632. The molecule has 1 saturated heterocycles. The summed E-state index contributed by atoms with van der Waals surface area (Å²) in [6.45, 7) is 8.99. The highest BCUT2D eigenvalue weighted by molar-refractivity contribution is 5.82. The van der Waals surface area contributed by atoms with E-state index < -0.39 is 11.7 Å². The molecule has 1 aromatic rings. The average Bonchev–Trinajstić information content (AvgIpc) is 2.96. The van der Waals surface area contributed by atoms with Crippen LogP contribution in [0.2, 0.25) is 0 Å². The largest absolute Gasteiger partial charge is 0.416 e. The monoisotopic (exact) mass is 371 g/mol. The maximum atomic E-state index is 12.8. The molecule has 0 unspecified atom stereocenters. The van der Waals surface area contributed by atoms with E-state index in [1.54, 1.807) is 6.07 Å². The number of rotatable bonds is 6. The molecule has 0 aromatic heterocycles. The van der Waals surface area contributed by atoms with Gasteiger partial charge in [0.1, 0.15) is 0 Å². The van der Waals surface area contributed by atoms with E-state index in [0.717, 1.165) is 6.07 Å². The molecule has 0 saturated carbocycles. The Morgan fingerprint density at radius 3 is 2.54 bits per heavy atom. The van der Waals surface area contributed by atoms with Crippen molar-refractivity contribution in [3.05, 3.63) is 35.4 Å². The van der Waals surface area contributed by atoms with Gasteiger partial charge in [0, 0.05) is 31.2 Å². The van der Waals surface area contributed by atoms with Gasteiger partial charge in [-0.1, -0.05) is 18.2 Å². The van der Waals surface area contributed by atoms with E-state index >= 15 is 0 Å². The predicted molar refractivity (Wildman–Crippen MR) is 95.6 cm³/mol. The Kier molecular flexibility index (Phi) is 6.69. The molecule has 1 aromatic carbocycles. The van der Waals surface area contributed by atoms with E-state index in [-0.39, 0.29) is 30.1 Å². The van der Waals surface area contributed by atoms with Crippen molar-refractivity contribution in [2.45, 2.75) is 71.0 Å². The summed E-state index contributed by atoms with van der Waals surface area (Å²) in [5.41, 5.74) is -0.0489. The van der Waals surface area contributed by atoms with Gasteiger partial charge in [-0.25, -0.2) is 0 Å². The standard InChI is InChI=1S/C19H28F3N3O/c1-12(2)24-18(26)17-9-16(11-25(17)13(3)4)23-10-14-6-5-7-15(8-14)19(20,21)22/h5-8,12-13,16-17,23H,9-11H2,1-4H3,(H,24,26)/t16-,17+/m1/s1. The maximum absolute atomic E-state index is 12.8. The Bertz CT molecular complexity index is 616. The van der Waals surface area contributed by atoms with E-state index in [2.05, 4.69) is 15.5 Å². The Labute approximate surface area is 153 Å². The van der Waals surface area contributed by atoms with Crippen molar-refractivity contribution in [2.75, 3.05) is 6.54 Å². The van der Waals surface area contributed by atoms with Crippen molar-refractivity contribution in [1.82, 2.24) is 15.5 Å². The van der Waals surface area contributed by atoms with Gasteiger partial charge in [-0.3, -0.25) is 9.69 Å². The fourth-order valence-corrected chi connectivity index (χ4v) is 3.34. The van der Waals surface area contributed by atoms with Crippen molar-refractivity contribution < 1.29 is 18.0 Å². The summed E-state index contributed by atoms with van der Waals surface area (Å²) in [6, 6.07) is 5.50. The molecule has 0 spiro atoms. The quantitative estimate of drug-likeness (QED) is 0.807. The average molecular weight is 371 g/mol. The summed E-state index contributed by atoms with van der Waals surface area (Å²) in [4.78, 5) is 14.6. The second-order valence-electron chi connectivity index (χ2n) is 7.48. The van der Waals surface area contributed by atoms with Crippen molar-refractivity contribution >= 4 is 5.91 Å². The van der Waals surface area contributed by atoms with Gasteiger partial charge >= 0.3 is 6.18 Å². The Hall–Kier alpha value is -1.60. The van der Waals surface area contributed by atoms with Crippen LogP contribution in [0.4, 0.5) is 13.2 Å². The molecule has 1 aliphatic heterocycles. The number of amides is 1. The summed E-state index contributed by atoms with van der Waals surface area (Å²) in [5.74, 6) is 0.0112. The minimum Gasteiger partial charge on any atom is -0.353 e. The number of carbonyl (C=O) groups is 1. The molecule has 1 amide bonds. The SMILES string of the molecule is CC(C)NC(=O)[C@@H]1C[C@@H](NCc2cccc(C(F)(F)F)c2)CN1C(C)C. The first kappa shape index (κ1) is 20.7. The topological polar surface area (TPSA) is 44.4 Å². The first-order valence-electron chi connectivity index (χ1n) is 9.03. The summed E-state index contributed by atoms with van der Waals surface area (Å²) < 4.78 is 38.5. The van der Waals surface area contributed by atoms with Crippen LogP contribution in [0.1, 0.15) is 45.2 Å². The number of halogens is 3. The Balaban J connectivity index is 1.99. The third-order valence-corrected chi connectivity index (χ3v) is 4.59. The zero-order valence-electron chi connectivity index (χ0n) is 15.7. The fourth-order valence-electron chi connectivity index (χ4n) is 3.34. The second kappa shape index (κ2) is 8.39. The summed E-state index contributed by atoms with van der Waals surface area (Å²) >= 11 is 0. The van der Waals surface area contributed by atoms with Gasteiger partial charge in [0.05, 0.1) is 11.6 Å². The zero-order chi connectivity index (χ0) is 19.5. The van der Waals surface area contributed by atoms with Crippen LogP contribution in [0, 0.1) is 0 Å². The number of nitrogens with one attached hydrogen (secondary N) is 2. The molecule has 0 aliphatic carbocycles. The highest BCUT2D eigenvalue weighted by Crippen LogP contribution is 2.29. The molecule has 2 rings (SSSR count). The second-order valence-corrected chi connectivity index (χ2v) is 7.48. The third kappa shape index (κ3) is 5.45. The minimum atomic E-state index is -4.34. The molecule has 0 bridgehead atoms. The van der Waals surface area contributed by atoms with Crippen LogP contribution in [0.5, 0.6) is 0 Å². The molecular formula is C19H28F3N3O. The lowest BCUT2D eigenvalue weighted by Gasteiger charge is -2.27. The lowest BCUT2D eigenvalue weighted by molar-refractivity contribution is -0.137. The number of benzene rings is 1. The molecule has 4 nitrogen and oxygen atoms in total. The van der Waals surface area contributed by atoms with Crippen LogP contribution in [0.3, 0.4) is 0 Å². The van der Waals surface area contributed by atoms with Gasteiger partial charge in [0.2, 0.25) is 5.91 Å². The lowest BCUT2D eigenvalue weighted by atomic mass is 10.1. The number of carbonyl (C=O) groups excluding carboxylic acids is 1. The zero-order valence-corrected chi connectivity index (χ0v) is 15.7. The number of hydrogen-bond acceptors (Lipinski definition) is 3. The van der Waals surface area contributed by atoms with E-state index in [9.17, 15) is 18.0 Å². The third-order valence-electron chi connectivity index (χ3n) is 4.59.